The van der Waals surface area contributed by atoms with Crippen LogP contribution in [0.4, 0.5) is 0 Å². The minimum absolute atomic E-state index is 0.945. The lowest BCUT2D eigenvalue weighted by molar-refractivity contribution is -0.987. The van der Waals surface area contributed by atoms with Crippen LogP contribution in [0.3, 0.4) is 0 Å². The van der Waals surface area contributed by atoms with Crippen molar-refractivity contribution in [1.82, 2.24) is 9.97 Å². The van der Waals surface area contributed by atoms with Gasteiger partial charge in [-0.15, -0.1) is 0 Å². The Hall–Kier alpha value is -2.59. The largest absolute Gasteiger partial charge is 0.761 e. The predicted molar refractivity (Wildman–Crippen MR) is 41.2 cm³/mol. The lowest BCUT2D eigenvalue weighted by Gasteiger charge is -2.05. The summed E-state index contributed by atoms with van der Waals surface area (Å²) in [5.74, 6) is -4.63. The Balaban J connectivity index is 3.47. The minimum atomic E-state index is -3.68. The molecule has 1 rings (SSSR count). The Morgan fingerprint density at radius 3 is 1.87 bits per heavy atom. The molecule has 0 aliphatic carbocycles. The monoisotopic (exact) mass is 217 g/mol. The van der Waals surface area contributed by atoms with E-state index in [9.17, 15) is 30.3 Å². The van der Waals surface area contributed by atoms with Crippen LogP contribution in [0.5, 0.6) is 0 Å². The molecule has 1 N–H and O–H groups in total. The summed E-state index contributed by atoms with van der Waals surface area (Å²) < 4.78 is 0. The van der Waals surface area contributed by atoms with Crippen molar-refractivity contribution >= 4 is 0 Å². The van der Waals surface area contributed by atoms with E-state index in [2.05, 4.69) is 4.98 Å². The third-order valence-corrected chi connectivity index (χ3v) is 1.58. The number of hydrogen-bond donors (Lipinski definition) is 1. The molecule has 0 spiro atoms. The molecule has 11 nitrogen and oxygen atoms in total. The topological polar surface area (TPSA) is 158 Å². The second kappa shape index (κ2) is 3.28. The van der Waals surface area contributed by atoms with E-state index >= 15 is 0 Å². The van der Waals surface area contributed by atoms with Crippen LogP contribution in [0.25, 0.3) is 0 Å². The Bertz CT molecular complexity index is 375. The summed E-state index contributed by atoms with van der Waals surface area (Å²) in [5.41, 5.74) is 0. The highest BCUT2D eigenvalue weighted by Crippen LogP contribution is 2.22. The van der Waals surface area contributed by atoms with E-state index in [1.54, 1.807) is 0 Å². The summed E-state index contributed by atoms with van der Waals surface area (Å²) in [6.45, 7) is 0. The molecular weight excluding hydrogens is 214 g/mol. The van der Waals surface area contributed by atoms with Crippen molar-refractivity contribution in [2.45, 2.75) is 5.79 Å². The number of rotatable bonds is 4. The van der Waals surface area contributed by atoms with Crippen LogP contribution < -0.4 is 0 Å². The molecule has 0 saturated heterocycles. The van der Waals surface area contributed by atoms with Crippen LogP contribution in [-0.4, -0.2) is 24.7 Å². The predicted octanol–water partition coefficient (Wildman–Crippen LogP) is -0.650. The molecule has 0 aromatic carbocycles. The van der Waals surface area contributed by atoms with E-state index in [1.807, 2.05) is 4.98 Å². The maximum Gasteiger partial charge on any atom is 0.761 e. The highest BCUT2D eigenvalue weighted by atomic mass is 16.7. The van der Waals surface area contributed by atoms with Gasteiger partial charge in [-0.1, -0.05) is 0 Å². The second-order valence-corrected chi connectivity index (χ2v) is 2.34. The van der Waals surface area contributed by atoms with Crippen molar-refractivity contribution in [2.24, 2.45) is 0 Å². The third kappa shape index (κ3) is 1.25. The molecular formula is C4H3N5O6. The Labute approximate surface area is 80.2 Å². The Kier molecular flexibility index (Phi) is 2.30. The first-order chi connectivity index (χ1) is 6.94. The quantitative estimate of drug-likeness (QED) is 0.398. The Morgan fingerprint density at radius 1 is 1.13 bits per heavy atom. The lowest BCUT2D eigenvalue weighted by atomic mass is 10.3. The van der Waals surface area contributed by atoms with Crippen molar-refractivity contribution in [2.75, 3.05) is 0 Å². The standard InChI is InChI=1S/C4H3N5O6/c10-7(11)4(8(12)13,9(14)15)3-5-1-2-6-3/h1-2H,(H,5,6). The van der Waals surface area contributed by atoms with Crippen LogP contribution in [0.1, 0.15) is 5.82 Å². The maximum absolute atomic E-state index is 10.5. The molecule has 0 aliphatic rings. The van der Waals surface area contributed by atoms with Gasteiger partial charge >= 0.3 is 11.6 Å². The molecule has 0 atom stereocenters. The minimum Gasteiger partial charge on any atom is -0.329 e. The molecule has 0 fully saturated rings. The van der Waals surface area contributed by atoms with Gasteiger partial charge in [-0.25, -0.2) is 4.98 Å². The van der Waals surface area contributed by atoms with Crippen molar-refractivity contribution in [1.29, 1.82) is 0 Å². The normalized spacial score (nSPS) is 10.9. The first-order valence-corrected chi connectivity index (χ1v) is 3.37. The number of H-pyrrole nitrogens is 1. The van der Waals surface area contributed by atoms with Gasteiger partial charge in [0.2, 0.25) is 0 Å². The Morgan fingerprint density at radius 2 is 1.60 bits per heavy atom. The van der Waals surface area contributed by atoms with Gasteiger partial charge in [0, 0.05) is 12.4 Å². The molecule has 0 aliphatic heterocycles. The number of nitro groups is 3. The van der Waals surface area contributed by atoms with E-state index in [0.717, 1.165) is 12.4 Å². The van der Waals surface area contributed by atoms with Gasteiger partial charge < -0.3 is 4.98 Å². The van der Waals surface area contributed by atoms with Crippen LogP contribution in [0.15, 0.2) is 12.4 Å². The first kappa shape index (κ1) is 10.5. The zero-order valence-corrected chi connectivity index (χ0v) is 6.89. The van der Waals surface area contributed by atoms with Gasteiger partial charge in [0.25, 0.3) is 0 Å². The highest BCUT2D eigenvalue weighted by molar-refractivity contribution is 4.91. The van der Waals surface area contributed by atoms with Gasteiger partial charge in [0.1, 0.15) is 0 Å². The molecule has 11 heteroatoms. The zero-order valence-electron chi connectivity index (χ0n) is 6.89. The molecule has 15 heavy (non-hydrogen) atoms. The van der Waals surface area contributed by atoms with E-state index in [-0.39, 0.29) is 0 Å². The maximum atomic E-state index is 10.5. The van der Waals surface area contributed by atoms with Crippen LogP contribution in [-0.2, 0) is 5.79 Å². The van der Waals surface area contributed by atoms with Gasteiger partial charge in [0.15, 0.2) is 14.8 Å². The molecule has 0 unspecified atom stereocenters. The van der Waals surface area contributed by atoms with Crippen molar-refractivity contribution in [3.63, 3.8) is 0 Å². The molecule has 0 radical (unpaired) electrons. The summed E-state index contributed by atoms with van der Waals surface area (Å²) in [6, 6.07) is 0. The third-order valence-electron chi connectivity index (χ3n) is 1.58. The molecule has 1 aromatic rings. The number of imidazole rings is 1. The van der Waals surface area contributed by atoms with Crippen LogP contribution >= 0.6 is 0 Å². The molecule has 0 saturated carbocycles. The second-order valence-electron chi connectivity index (χ2n) is 2.34. The summed E-state index contributed by atoms with van der Waals surface area (Å²) in [7, 11) is 0. The van der Waals surface area contributed by atoms with Crippen LogP contribution in [0, 0.1) is 30.3 Å². The number of aromatic amines is 1. The summed E-state index contributed by atoms with van der Waals surface area (Å²) in [4.78, 5) is 31.7. The smallest absolute Gasteiger partial charge is 0.329 e. The number of nitrogens with one attached hydrogen (secondary N) is 1. The molecule has 0 amide bonds. The fourth-order valence-corrected chi connectivity index (χ4v) is 0.908. The number of nitrogens with zero attached hydrogens (tertiary/aromatic N) is 4. The van der Waals surface area contributed by atoms with Crippen molar-refractivity contribution < 1.29 is 14.8 Å². The molecule has 1 aromatic heterocycles. The summed E-state index contributed by atoms with van der Waals surface area (Å²) in [5, 5.41) is 31.4. The van der Waals surface area contributed by atoms with E-state index in [1.165, 1.54) is 0 Å². The fraction of sp³-hybridized carbons (Fsp3) is 0.250. The van der Waals surface area contributed by atoms with Gasteiger partial charge in [-0.05, 0) is 0 Å². The fourth-order valence-electron chi connectivity index (χ4n) is 0.908. The first-order valence-electron chi connectivity index (χ1n) is 3.37. The van der Waals surface area contributed by atoms with Gasteiger partial charge in [-0.2, -0.15) is 0 Å². The van der Waals surface area contributed by atoms with E-state index in [4.69, 9.17) is 0 Å². The van der Waals surface area contributed by atoms with E-state index < -0.39 is 26.4 Å². The van der Waals surface area contributed by atoms with Crippen molar-refractivity contribution in [3.05, 3.63) is 48.6 Å². The zero-order chi connectivity index (χ0) is 11.6. The highest BCUT2D eigenvalue weighted by Gasteiger charge is 2.75. The van der Waals surface area contributed by atoms with Gasteiger partial charge in [0.05, 0.1) is 0 Å². The lowest BCUT2D eigenvalue weighted by Crippen LogP contribution is -2.51. The van der Waals surface area contributed by atoms with Crippen molar-refractivity contribution in [3.8, 4) is 0 Å². The summed E-state index contributed by atoms with van der Waals surface area (Å²) in [6.07, 6.45) is 1.96. The number of hydrogen-bond acceptors (Lipinski definition) is 7. The molecule has 0 bridgehead atoms. The van der Waals surface area contributed by atoms with Crippen LogP contribution in [0.2, 0.25) is 0 Å². The van der Waals surface area contributed by atoms with E-state index in [0.29, 0.717) is 0 Å². The molecule has 1 heterocycles. The summed E-state index contributed by atoms with van der Waals surface area (Å²) >= 11 is 0. The average Bonchev–Trinajstić information content (AvgIpc) is 2.55. The average molecular weight is 217 g/mol. The molecule has 80 valence electrons. The SMILES string of the molecule is O=[N+]([O-])C(c1ncc[nH]1)([N+](=O)[O-])[N+](=O)[O-]. The number of aromatic nitrogens is 2. The van der Waals surface area contributed by atoms with Gasteiger partial charge in [-0.3, -0.25) is 30.3 Å².